The maximum absolute atomic E-state index is 3.98. The maximum Gasteiger partial charge on any atom is 0.182 e. The van der Waals surface area contributed by atoms with Crippen LogP contribution in [0.25, 0.3) is 11.0 Å². The van der Waals surface area contributed by atoms with Crippen molar-refractivity contribution in [3.05, 3.63) is 30.6 Å². The standard InChI is InChI=1S/C7H4N3/c1-2-6-3-5-9-10-7(6)8-4-1/h1,3-5H. The van der Waals surface area contributed by atoms with Gasteiger partial charge in [-0.3, -0.25) is 0 Å². The lowest BCUT2D eigenvalue weighted by atomic mass is 10.3. The van der Waals surface area contributed by atoms with E-state index in [1.807, 2.05) is 6.07 Å². The van der Waals surface area contributed by atoms with Crippen molar-refractivity contribution in [2.45, 2.75) is 0 Å². The zero-order chi connectivity index (χ0) is 6.81. The molecule has 2 aromatic rings. The molecule has 0 aliphatic rings. The maximum atomic E-state index is 3.98. The highest BCUT2D eigenvalue weighted by atomic mass is 15.1. The number of nitrogens with zero attached hydrogens (tertiary/aromatic N) is 3. The number of fused-ring (bicyclic) bond motifs is 1. The quantitative estimate of drug-likeness (QED) is 0.530. The zero-order valence-electron chi connectivity index (χ0n) is 5.15. The van der Waals surface area contributed by atoms with Crippen LogP contribution >= 0.6 is 0 Å². The summed E-state index contributed by atoms with van der Waals surface area (Å²) in [6.45, 7) is 0. The second-order valence-electron chi connectivity index (χ2n) is 1.86. The number of hydrogen-bond donors (Lipinski definition) is 0. The smallest absolute Gasteiger partial charge is 0.182 e. The van der Waals surface area contributed by atoms with Crippen molar-refractivity contribution in [2.24, 2.45) is 0 Å². The van der Waals surface area contributed by atoms with Gasteiger partial charge in [-0.15, -0.1) is 5.10 Å². The van der Waals surface area contributed by atoms with Crippen LogP contribution in [0.1, 0.15) is 0 Å². The third-order valence-electron chi connectivity index (χ3n) is 1.21. The molecule has 1 radical (unpaired) electrons. The van der Waals surface area contributed by atoms with Crippen molar-refractivity contribution >= 4 is 11.0 Å². The van der Waals surface area contributed by atoms with Gasteiger partial charge in [0.15, 0.2) is 5.65 Å². The Morgan fingerprint density at radius 3 is 3.20 bits per heavy atom. The van der Waals surface area contributed by atoms with Crippen molar-refractivity contribution in [1.29, 1.82) is 0 Å². The van der Waals surface area contributed by atoms with E-state index in [0.717, 1.165) is 5.39 Å². The summed E-state index contributed by atoms with van der Waals surface area (Å²) in [4.78, 5) is 3.98. The monoisotopic (exact) mass is 130 g/mol. The van der Waals surface area contributed by atoms with Gasteiger partial charge < -0.3 is 0 Å². The minimum atomic E-state index is 0.644. The van der Waals surface area contributed by atoms with Gasteiger partial charge in [-0.05, 0) is 18.2 Å². The fourth-order valence-corrected chi connectivity index (χ4v) is 0.767. The summed E-state index contributed by atoms with van der Waals surface area (Å²) in [6.07, 6.45) is 3.28. The van der Waals surface area contributed by atoms with Gasteiger partial charge in [-0.25, -0.2) is 4.98 Å². The summed E-state index contributed by atoms with van der Waals surface area (Å²) in [5.74, 6) is 0. The first-order valence-electron chi connectivity index (χ1n) is 2.91. The minimum Gasteiger partial charge on any atom is -0.235 e. The zero-order valence-corrected chi connectivity index (χ0v) is 5.15. The Morgan fingerprint density at radius 2 is 2.30 bits per heavy atom. The normalized spacial score (nSPS) is 10.0. The fraction of sp³-hybridized carbons (Fsp3) is 0. The average molecular weight is 130 g/mol. The molecule has 0 bridgehead atoms. The fourth-order valence-electron chi connectivity index (χ4n) is 0.767. The summed E-state index contributed by atoms with van der Waals surface area (Å²) in [6, 6.07) is 6.57. The highest BCUT2D eigenvalue weighted by molar-refractivity contribution is 5.71. The number of rotatable bonds is 0. The largest absolute Gasteiger partial charge is 0.235 e. The van der Waals surface area contributed by atoms with Crippen LogP contribution < -0.4 is 0 Å². The molecule has 0 aromatic carbocycles. The molecule has 47 valence electrons. The van der Waals surface area contributed by atoms with Crippen LogP contribution in [0.5, 0.6) is 0 Å². The second-order valence-corrected chi connectivity index (χ2v) is 1.86. The first-order valence-corrected chi connectivity index (χ1v) is 2.91. The Morgan fingerprint density at radius 1 is 1.30 bits per heavy atom. The van der Waals surface area contributed by atoms with Gasteiger partial charge in [-0.1, -0.05) is 0 Å². The van der Waals surface area contributed by atoms with Crippen LogP contribution in [0.15, 0.2) is 24.5 Å². The molecule has 3 nitrogen and oxygen atoms in total. The van der Waals surface area contributed by atoms with Gasteiger partial charge in [0.1, 0.15) is 0 Å². The molecule has 2 heterocycles. The molecule has 0 aliphatic carbocycles. The molecular weight excluding hydrogens is 126 g/mol. The van der Waals surface area contributed by atoms with E-state index < -0.39 is 0 Å². The van der Waals surface area contributed by atoms with Crippen LogP contribution in [-0.4, -0.2) is 15.2 Å². The Hall–Kier alpha value is -1.51. The molecule has 0 atom stereocenters. The molecule has 0 N–H and O–H groups in total. The molecule has 0 amide bonds. The summed E-state index contributed by atoms with van der Waals surface area (Å²) >= 11 is 0. The molecule has 0 spiro atoms. The third kappa shape index (κ3) is 0.719. The molecule has 10 heavy (non-hydrogen) atoms. The number of hydrogen-bond acceptors (Lipinski definition) is 3. The van der Waals surface area contributed by atoms with E-state index in [2.05, 4.69) is 21.2 Å². The van der Waals surface area contributed by atoms with Crippen LogP contribution in [-0.2, 0) is 0 Å². The van der Waals surface area contributed by atoms with Crippen LogP contribution in [0.4, 0.5) is 0 Å². The van der Waals surface area contributed by atoms with E-state index in [1.54, 1.807) is 18.5 Å². The van der Waals surface area contributed by atoms with Gasteiger partial charge >= 0.3 is 0 Å². The van der Waals surface area contributed by atoms with E-state index >= 15 is 0 Å². The van der Waals surface area contributed by atoms with E-state index in [4.69, 9.17) is 0 Å². The third-order valence-corrected chi connectivity index (χ3v) is 1.21. The SMILES string of the molecule is [c]1ccnc2nnccc12. The topological polar surface area (TPSA) is 38.7 Å². The van der Waals surface area contributed by atoms with Crippen LogP contribution in [0, 0.1) is 6.07 Å². The van der Waals surface area contributed by atoms with Gasteiger partial charge in [0.2, 0.25) is 0 Å². The predicted molar refractivity (Wildman–Crippen MR) is 36.2 cm³/mol. The highest BCUT2D eigenvalue weighted by Crippen LogP contribution is 2.02. The molecule has 2 rings (SSSR count). The summed E-state index contributed by atoms with van der Waals surface area (Å²) in [5, 5.41) is 8.37. The molecule has 3 heteroatoms. The van der Waals surface area contributed by atoms with Crippen molar-refractivity contribution in [1.82, 2.24) is 15.2 Å². The summed E-state index contributed by atoms with van der Waals surface area (Å²) in [7, 11) is 0. The molecule has 2 aromatic heterocycles. The van der Waals surface area contributed by atoms with Gasteiger partial charge in [0, 0.05) is 11.6 Å². The van der Waals surface area contributed by atoms with Crippen LogP contribution in [0.3, 0.4) is 0 Å². The Kier molecular flexibility index (Phi) is 1.07. The molecule has 0 saturated carbocycles. The lowest BCUT2D eigenvalue weighted by Gasteiger charge is -1.88. The van der Waals surface area contributed by atoms with Crippen LogP contribution in [0.2, 0.25) is 0 Å². The lowest BCUT2D eigenvalue weighted by Crippen LogP contribution is -1.83. The summed E-state index contributed by atoms with van der Waals surface area (Å²) < 4.78 is 0. The molecule has 0 saturated heterocycles. The van der Waals surface area contributed by atoms with E-state index in [-0.39, 0.29) is 0 Å². The van der Waals surface area contributed by atoms with Crippen molar-refractivity contribution in [3.8, 4) is 0 Å². The average Bonchev–Trinajstić information content (AvgIpc) is 2.05. The molecule has 0 aliphatic heterocycles. The number of pyridine rings is 1. The van der Waals surface area contributed by atoms with Crippen molar-refractivity contribution in [3.63, 3.8) is 0 Å². The summed E-state index contributed by atoms with van der Waals surface area (Å²) in [5.41, 5.74) is 0.644. The minimum absolute atomic E-state index is 0.644. The van der Waals surface area contributed by atoms with Gasteiger partial charge in [-0.2, -0.15) is 5.10 Å². The lowest BCUT2D eigenvalue weighted by molar-refractivity contribution is 1.05. The van der Waals surface area contributed by atoms with E-state index in [9.17, 15) is 0 Å². The van der Waals surface area contributed by atoms with Crippen molar-refractivity contribution in [2.75, 3.05) is 0 Å². The van der Waals surface area contributed by atoms with Crippen molar-refractivity contribution < 1.29 is 0 Å². The molecule has 0 fully saturated rings. The molecule has 0 unspecified atom stereocenters. The Labute approximate surface area is 57.7 Å². The first-order chi connectivity index (χ1) is 4.97. The highest BCUT2D eigenvalue weighted by Gasteiger charge is 1.90. The van der Waals surface area contributed by atoms with E-state index in [1.165, 1.54) is 0 Å². The van der Waals surface area contributed by atoms with Gasteiger partial charge in [0.05, 0.1) is 6.20 Å². The van der Waals surface area contributed by atoms with Gasteiger partial charge in [0.25, 0.3) is 0 Å². The Bertz CT molecular complexity index is 280. The molecular formula is C7H4N3. The predicted octanol–water partition coefficient (Wildman–Crippen LogP) is 0.825. The second kappa shape index (κ2) is 2.02. The number of aromatic nitrogens is 3. The van der Waals surface area contributed by atoms with E-state index in [0.29, 0.717) is 5.65 Å². The Balaban J connectivity index is 2.89. The first kappa shape index (κ1) is 5.29.